The summed E-state index contributed by atoms with van der Waals surface area (Å²) in [6, 6.07) is 7.33. The van der Waals surface area contributed by atoms with E-state index in [9.17, 15) is 0 Å². The summed E-state index contributed by atoms with van der Waals surface area (Å²) in [5.41, 5.74) is 1.73. The fourth-order valence-corrected chi connectivity index (χ4v) is 3.54. The van der Waals surface area contributed by atoms with Gasteiger partial charge < -0.3 is 14.8 Å². The predicted molar refractivity (Wildman–Crippen MR) is 78.5 cm³/mol. The Morgan fingerprint density at radius 1 is 1.15 bits per heavy atom. The van der Waals surface area contributed by atoms with E-state index in [0.29, 0.717) is 18.6 Å². The van der Waals surface area contributed by atoms with Crippen LogP contribution < -0.4 is 14.8 Å². The third kappa shape index (κ3) is 1.99. The average molecular weight is 273 g/mol. The van der Waals surface area contributed by atoms with Gasteiger partial charge >= 0.3 is 0 Å². The number of nitrogens with one attached hydrogen (secondary N) is 1. The first-order chi connectivity index (χ1) is 9.78. The Labute approximate surface area is 120 Å². The van der Waals surface area contributed by atoms with Crippen LogP contribution in [0, 0.1) is 5.92 Å². The maximum Gasteiger partial charge on any atom is 0.161 e. The molecule has 0 radical (unpaired) electrons. The first-order valence-corrected chi connectivity index (χ1v) is 7.91. The summed E-state index contributed by atoms with van der Waals surface area (Å²) in [5, 5.41) is 3.74. The lowest BCUT2D eigenvalue weighted by atomic mass is 9.57. The number of rotatable bonds is 4. The van der Waals surface area contributed by atoms with Gasteiger partial charge in [0.05, 0.1) is 0 Å². The van der Waals surface area contributed by atoms with Crippen LogP contribution >= 0.6 is 0 Å². The van der Waals surface area contributed by atoms with Crippen LogP contribution in [0.3, 0.4) is 0 Å². The normalized spacial score (nSPS) is 31.8. The highest BCUT2D eigenvalue weighted by Crippen LogP contribution is 2.50. The van der Waals surface area contributed by atoms with Crippen LogP contribution in [0.4, 0.5) is 0 Å². The monoisotopic (exact) mass is 273 g/mol. The molecule has 2 fully saturated rings. The standard InChI is InChI=1S/C17H23NO2/c1-12-6-7-17(12,11-18-14-3-4-14)13-2-5-15-16(10-13)20-9-8-19-15/h2,5,10,12,14,18H,3-4,6-9,11H2,1H3. The first kappa shape index (κ1) is 12.5. The largest absolute Gasteiger partial charge is 0.486 e. The third-order valence-electron chi connectivity index (χ3n) is 5.37. The summed E-state index contributed by atoms with van der Waals surface area (Å²) in [4.78, 5) is 0. The molecule has 0 aromatic heterocycles. The average Bonchev–Trinajstić information content (AvgIpc) is 3.30. The van der Waals surface area contributed by atoms with Crippen molar-refractivity contribution in [3.05, 3.63) is 23.8 Å². The van der Waals surface area contributed by atoms with Gasteiger partial charge in [-0.3, -0.25) is 0 Å². The Morgan fingerprint density at radius 3 is 2.60 bits per heavy atom. The van der Waals surface area contributed by atoms with Crippen molar-refractivity contribution in [1.82, 2.24) is 5.32 Å². The summed E-state index contributed by atoms with van der Waals surface area (Å²) in [6.45, 7) is 4.82. The number of benzene rings is 1. The van der Waals surface area contributed by atoms with Crippen molar-refractivity contribution in [3.63, 3.8) is 0 Å². The molecule has 2 unspecified atom stereocenters. The molecule has 1 aliphatic heterocycles. The van der Waals surface area contributed by atoms with E-state index in [1.54, 1.807) is 0 Å². The van der Waals surface area contributed by atoms with Crippen molar-refractivity contribution in [2.75, 3.05) is 19.8 Å². The molecule has 2 saturated carbocycles. The molecule has 1 aromatic carbocycles. The highest BCUT2D eigenvalue weighted by Gasteiger charge is 2.46. The summed E-state index contributed by atoms with van der Waals surface area (Å²) >= 11 is 0. The van der Waals surface area contributed by atoms with Gasteiger partial charge in [0, 0.05) is 18.0 Å². The second-order valence-corrected chi connectivity index (χ2v) is 6.61. The highest BCUT2D eigenvalue weighted by molar-refractivity contribution is 5.47. The second kappa shape index (κ2) is 4.66. The maximum absolute atomic E-state index is 5.76. The Kier molecular flexibility index (Phi) is 2.92. The molecule has 1 heterocycles. The fraction of sp³-hybridized carbons (Fsp3) is 0.647. The smallest absolute Gasteiger partial charge is 0.161 e. The summed E-state index contributed by atoms with van der Waals surface area (Å²) in [7, 11) is 0. The molecule has 1 N–H and O–H groups in total. The molecule has 3 heteroatoms. The molecule has 108 valence electrons. The van der Waals surface area contributed by atoms with E-state index in [1.807, 2.05) is 0 Å². The topological polar surface area (TPSA) is 30.5 Å². The van der Waals surface area contributed by atoms with Gasteiger partial charge in [0.1, 0.15) is 13.2 Å². The Balaban J connectivity index is 1.62. The lowest BCUT2D eigenvalue weighted by Crippen LogP contribution is -2.50. The zero-order valence-electron chi connectivity index (χ0n) is 12.2. The first-order valence-electron chi connectivity index (χ1n) is 7.91. The van der Waals surface area contributed by atoms with E-state index < -0.39 is 0 Å². The Hall–Kier alpha value is -1.22. The number of hydrogen-bond donors (Lipinski definition) is 1. The van der Waals surface area contributed by atoms with E-state index in [-0.39, 0.29) is 0 Å². The van der Waals surface area contributed by atoms with E-state index >= 15 is 0 Å². The van der Waals surface area contributed by atoms with Crippen molar-refractivity contribution < 1.29 is 9.47 Å². The number of ether oxygens (including phenoxy) is 2. The molecule has 2 atom stereocenters. The molecule has 1 aromatic rings. The van der Waals surface area contributed by atoms with Crippen molar-refractivity contribution >= 4 is 0 Å². The molecule has 4 rings (SSSR count). The van der Waals surface area contributed by atoms with Gasteiger partial charge in [-0.25, -0.2) is 0 Å². The van der Waals surface area contributed by atoms with Crippen molar-refractivity contribution in [2.24, 2.45) is 5.92 Å². The van der Waals surface area contributed by atoms with Crippen LogP contribution in [-0.2, 0) is 5.41 Å². The van der Waals surface area contributed by atoms with Crippen LogP contribution in [0.15, 0.2) is 18.2 Å². The van der Waals surface area contributed by atoms with Crippen LogP contribution in [0.25, 0.3) is 0 Å². The minimum Gasteiger partial charge on any atom is -0.486 e. The van der Waals surface area contributed by atoms with Crippen molar-refractivity contribution in [3.8, 4) is 11.5 Å². The van der Waals surface area contributed by atoms with E-state index in [4.69, 9.17) is 9.47 Å². The van der Waals surface area contributed by atoms with Gasteiger partial charge in [-0.1, -0.05) is 13.0 Å². The van der Waals surface area contributed by atoms with Crippen LogP contribution in [-0.4, -0.2) is 25.8 Å². The summed E-state index contributed by atoms with van der Waals surface area (Å²) in [5.74, 6) is 2.58. The zero-order chi connectivity index (χ0) is 13.6. The number of hydrogen-bond acceptors (Lipinski definition) is 3. The van der Waals surface area contributed by atoms with Crippen LogP contribution in [0.1, 0.15) is 38.2 Å². The molecule has 2 aliphatic carbocycles. The Bertz CT molecular complexity index is 512. The molecular weight excluding hydrogens is 250 g/mol. The Morgan fingerprint density at radius 2 is 1.95 bits per heavy atom. The number of fused-ring (bicyclic) bond motifs is 1. The van der Waals surface area contributed by atoms with Crippen molar-refractivity contribution in [2.45, 2.75) is 44.1 Å². The van der Waals surface area contributed by atoms with Gasteiger partial charge in [0.2, 0.25) is 0 Å². The molecule has 0 bridgehead atoms. The summed E-state index contributed by atoms with van der Waals surface area (Å²) in [6.07, 6.45) is 5.32. The molecule has 0 saturated heterocycles. The molecule has 0 amide bonds. The highest BCUT2D eigenvalue weighted by atomic mass is 16.6. The molecule has 3 nitrogen and oxygen atoms in total. The lowest BCUT2D eigenvalue weighted by molar-refractivity contribution is 0.131. The van der Waals surface area contributed by atoms with Crippen molar-refractivity contribution in [1.29, 1.82) is 0 Å². The molecule has 20 heavy (non-hydrogen) atoms. The zero-order valence-corrected chi connectivity index (χ0v) is 12.2. The predicted octanol–water partition coefficient (Wildman–Crippen LogP) is 2.88. The molecule has 0 spiro atoms. The maximum atomic E-state index is 5.76. The molecule has 3 aliphatic rings. The van der Waals surface area contributed by atoms with E-state index in [0.717, 1.165) is 30.0 Å². The second-order valence-electron chi connectivity index (χ2n) is 6.61. The SMILES string of the molecule is CC1CCC1(CNC1CC1)c1ccc2c(c1)OCCO2. The van der Waals surface area contributed by atoms with Crippen LogP contribution in [0.2, 0.25) is 0 Å². The van der Waals surface area contributed by atoms with E-state index in [2.05, 4.69) is 30.4 Å². The van der Waals surface area contributed by atoms with Gasteiger partial charge in [-0.2, -0.15) is 0 Å². The van der Waals surface area contributed by atoms with Crippen LogP contribution in [0.5, 0.6) is 11.5 Å². The van der Waals surface area contributed by atoms with Gasteiger partial charge in [-0.05, 0) is 49.3 Å². The minimum absolute atomic E-state index is 0.304. The fourth-order valence-electron chi connectivity index (χ4n) is 3.54. The van der Waals surface area contributed by atoms with Gasteiger partial charge in [0.15, 0.2) is 11.5 Å². The molecular formula is C17H23NO2. The lowest BCUT2D eigenvalue weighted by Gasteiger charge is -2.49. The minimum atomic E-state index is 0.304. The third-order valence-corrected chi connectivity index (χ3v) is 5.37. The van der Waals surface area contributed by atoms with Gasteiger partial charge in [0.25, 0.3) is 0 Å². The van der Waals surface area contributed by atoms with Gasteiger partial charge in [-0.15, -0.1) is 0 Å². The quantitative estimate of drug-likeness (QED) is 0.915. The summed E-state index contributed by atoms with van der Waals surface area (Å²) < 4.78 is 11.4. The van der Waals surface area contributed by atoms with E-state index in [1.165, 1.54) is 31.2 Å².